The smallest absolute Gasteiger partial charge is 0.261 e. The van der Waals surface area contributed by atoms with Gasteiger partial charge in [0, 0.05) is 30.3 Å². The first-order chi connectivity index (χ1) is 16.0. The standard InChI is InChI=1S/C25H23N3O3S2/c29-25(18-8-6-10-20(16-18)27-33(30,31)21-11-2-1-3-12-21)28-15-7-9-19(17-28)24-26-22-13-4-5-14-23(22)32-24/h1-6,8,10-14,16,19,27H,7,9,15,17H2/t19-/m0/s1. The molecule has 0 spiro atoms. The van der Waals surface area contributed by atoms with Crippen LogP contribution in [-0.4, -0.2) is 37.3 Å². The van der Waals surface area contributed by atoms with Crippen molar-refractivity contribution in [3.8, 4) is 0 Å². The lowest BCUT2D eigenvalue weighted by Gasteiger charge is -2.32. The SMILES string of the molecule is O=C(c1cccc(NS(=O)(=O)c2ccccc2)c1)N1CCC[C@H](c2nc3ccccc3s2)C1. The first kappa shape index (κ1) is 21.6. The Labute approximate surface area is 197 Å². The predicted molar refractivity (Wildman–Crippen MR) is 131 cm³/mol. The number of aromatic nitrogens is 1. The summed E-state index contributed by atoms with van der Waals surface area (Å²) in [6.07, 6.45) is 1.91. The van der Waals surface area contributed by atoms with E-state index in [-0.39, 0.29) is 16.7 Å². The lowest BCUT2D eigenvalue weighted by molar-refractivity contribution is 0.0707. The molecule has 3 aromatic carbocycles. The average molecular weight is 478 g/mol. The zero-order chi connectivity index (χ0) is 22.8. The molecule has 0 aliphatic carbocycles. The number of anilines is 1. The van der Waals surface area contributed by atoms with Gasteiger partial charge in [-0.2, -0.15) is 0 Å². The minimum Gasteiger partial charge on any atom is -0.338 e. The van der Waals surface area contributed by atoms with Crippen molar-refractivity contribution in [2.24, 2.45) is 0 Å². The van der Waals surface area contributed by atoms with Crippen molar-refractivity contribution >= 4 is 43.2 Å². The Hall–Kier alpha value is -3.23. The summed E-state index contributed by atoms with van der Waals surface area (Å²) >= 11 is 1.69. The van der Waals surface area contributed by atoms with Gasteiger partial charge in [0.2, 0.25) is 0 Å². The number of nitrogens with zero attached hydrogens (tertiary/aromatic N) is 2. The molecule has 1 aromatic heterocycles. The van der Waals surface area contributed by atoms with Gasteiger partial charge in [-0.3, -0.25) is 9.52 Å². The molecule has 1 aliphatic heterocycles. The molecule has 5 rings (SSSR count). The van der Waals surface area contributed by atoms with E-state index < -0.39 is 10.0 Å². The summed E-state index contributed by atoms with van der Waals surface area (Å²) in [7, 11) is -3.72. The molecule has 1 N–H and O–H groups in total. The van der Waals surface area contributed by atoms with Crippen LogP contribution in [0.1, 0.15) is 34.1 Å². The summed E-state index contributed by atoms with van der Waals surface area (Å²) in [5, 5.41) is 1.07. The van der Waals surface area contributed by atoms with Crippen molar-refractivity contribution in [3.63, 3.8) is 0 Å². The fourth-order valence-electron chi connectivity index (χ4n) is 4.14. The Kier molecular flexibility index (Phi) is 5.86. The van der Waals surface area contributed by atoms with Gasteiger partial charge in [0.05, 0.1) is 20.1 Å². The van der Waals surface area contributed by atoms with Crippen molar-refractivity contribution < 1.29 is 13.2 Å². The summed E-state index contributed by atoms with van der Waals surface area (Å²) in [6.45, 7) is 1.29. The first-order valence-electron chi connectivity index (χ1n) is 10.8. The molecule has 6 nitrogen and oxygen atoms in total. The maximum Gasteiger partial charge on any atom is 0.261 e. The molecule has 1 amide bonds. The maximum atomic E-state index is 13.3. The van der Waals surface area contributed by atoms with Crippen LogP contribution in [0.15, 0.2) is 83.8 Å². The summed E-state index contributed by atoms with van der Waals surface area (Å²) in [5.41, 5.74) is 1.83. The Morgan fingerprint density at radius 2 is 1.79 bits per heavy atom. The number of amides is 1. The number of hydrogen-bond acceptors (Lipinski definition) is 5. The number of nitrogens with one attached hydrogen (secondary N) is 1. The fraction of sp³-hybridized carbons (Fsp3) is 0.200. The van der Waals surface area contributed by atoms with E-state index >= 15 is 0 Å². The molecule has 1 atom stereocenters. The number of benzene rings is 3. The van der Waals surface area contributed by atoms with E-state index in [1.807, 2.05) is 23.1 Å². The van der Waals surface area contributed by atoms with Gasteiger partial charge in [0.25, 0.3) is 15.9 Å². The largest absolute Gasteiger partial charge is 0.338 e. The molecule has 33 heavy (non-hydrogen) atoms. The van der Waals surface area contributed by atoms with Crippen LogP contribution in [0.4, 0.5) is 5.69 Å². The molecule has 8 heteroatoms. The van der Waals surface area contributed by atoms with Gasteiger partial charge in [0.1, 0.15) is 0 Å². The van der Waals surface area contributed by atoms with E-state index in [9.17, 15) is 13.2 Å². The van der Waals surface area contributed by atoms with Gasteiger partial charge in [0.15, 0.2) is 0 Å². The number of rotatable bonds is 5. The third kappa shape index (κ3) is 4.62. The summed E-state index contributed by atoms with van der Waals surface area (Å²) in [5.74, 6) is 0.112. The van der Waals surface area contributed by atoms with Gasteiger partial charge in [-0.1, -0.05) is 36.4 Å². The lowest BCUT2D eigenvalue weighted by Crippen LogP contribution is -2.39. The van der Waals surface area contributed by atoms with E-state index in [1.54, 1.807) is 53.8 Å². The third-order valence-electron chi connectivity index (χ3n) is 5.78. The molecular formula is C25H23N3O3S2. The van der Waals surface area contributed by atoms with Crippen LogP contribution in [0.2, 0.25) is 0 Å². The number of piperidine rings is 1. The van der Waals surface area contributed by atoms with Crippen molar-refractivity contribution in [1.29, 1.82) is 0 Å². The number of fused-ring (bicyclic) bond motifs is 1. The molecule has 4 aromatic rings. The van der Waals surface area contributed by atoms with Gasteiger partial charge in [-0.15, -0.1) is 11.3 Å². The van der Waals surface area contributed by atoms with Gasteiger partial charge in [-0.05, 0) is 55.3 Å². The molecule has 168 valence electrons. The third-order valence-corrected chi connectivity index (χ3v) is 8.38. The highest BCUT2D eigenvalue weighted by Crippen LogP contribution is 2.33. The van der Waals surface area contributed by atoms with Crippen molar-refractivity contribution in [1.82, 2.24) is 9.88 Å². The zero-order valence-corrected chi connectivity index (χ0v) is 19.5. The van der Waals surface area contributed by atoms with Crippen LogP contribution < -0.4 is 4.72 Å². The van der Waals surface area contributed by atoms with Crippen LogP contribution in [0, 0.1) is 0 Å². The van der Waals surface area contributed by atoms with Gasteiger partial charge >= 0.3 is 0 Å². The second kappa shape index (κ2) is 8.96. The van der Waals surface area contributed by atoms with Crippen LogP contribution >= 0.6 is 11.3 Å². The average Bonchev–Trinajstić information content (AvgIpc) is 3.29. The normalized spacial score (nSPS) is 16.6. The molecule has 0 radical (unpaired) electrons. The van der Waals surface area contributed by atoms with E-state index in [0.29, 0.717) is 24.3 Å². The van der Waals surface area contributed by atoms with E-state index in [4.69, 9.17) is 4.98 Å². The van der Waals surface area contributed by atoms with Crippen molar-refractivity contribution in [2.75, 3.05) is 17.8 Å². The molecule has 2 heterocycles. The highest BCUT2D eigenvalue weighted by molar-refractivity contribution is 7.92. The minimum absolute atomic E-state index is 0.0958. The molecule has 0 unspecified atom stereocenters. The number of thiazole rings is 1. The molecular weight excluding hydrogens is 454 g/mol. The Balaban J connectivity index is 1.33. The molecule has 1 saturated heterocycles. The van der Waals surface area contributed by atoms with Crippen LogP contribution in [0.3, 0.4) is 0 Å². The lowest BCUT2D eigenvalue weighted by atomic mass is 9.98. The highest BCUT2D eigenvalue weighted by Gasteiger charge is 2.28. The monoisotopic (exact) mass is 477 g/mol. The summed E-state index contributed by atoms with van der Waals surface area (Å²) in [6, 6.07) is 22.9. The second-order valence-electron chi connectivity index (χ2n) is 8.11. The number of carbonyl (C=O) groups excluding carboxylic acids is 1. The van der Waals surface area contributed by atoms with Crippen LogP contribution in [-0.2, 0) is 10.0 Å². The van der Waals surface area contributed by atoms with Crippen LogP contribution in [0.25, 0.3) is 10.2 Å². The van der Waals surface area contributed by atoms with E-state index in [1.165, 1.54) is 12.1 Å². The fourth-order valence-corrected chi connectivity index (χ4v) is 6.30. The Bertz CT molecular complexity index is 1370. The van der Waals surface area contributed by atoms with Crippen molar-refractivity contribution in [2.45, 2.75) is 23.7 Å². The quantitative estimate of drug-likeness (QED) is 0.433. The predicted octanol–water partition coefficient (Wildman–Crippen LogP) is 5.12. The molecule has 1 aliphatic rings. The summed E-state index contributed by atoms with van der Waals surface area (Å²) < 4.78 is 29.0. The zero-order valence-electron chi connectivity index (χ0n) is 17.8. The number of para-hydroxylation sites is 1. The number of hydrogen-bond donors (Lipinski definition) is 1. The number of likely N-dealkylation sites (tertiary alicyclic amines) is 1. The van der Waals surface area contributed by atoms with Gasteiger partial charge < -0.3 is 4.90 Å². The number of sulfonamides is 1. The van der Waals surface area contributed by atoms with Crippen LogP contribution in [0.5, 0.6) is 0 Å². The Morgan fingerprint density at radius 3 is 2.61 bits per heavy atom. The Morgan fingerprint density at radius 1 is 1.00 bits per heavy atom. The topological polar surface area (TPSA) is 79.4 Å². The molecule has 0 saturated carbocycles. The number of carbonyl (C=O) groups is 1. The van der Waals surface area contributed by atoms with E-state index in [0.717, 1.165) is 28.1 Å². The second-order valence-corrected chi connectivity index (χ2v) is 10.9. The van der Waals surface area contributed by atoms with E-state index in [2.05, 4.69) is 10.8 Å². The molecule has 1 fully saturated rings. The molecule has 0 bridgehead atoms. The highest BCUT2D eigenvalue weighted by atomic mass is 32.2. The van der Waals surface area contributed by atoms with Gasteiger partial charge in [-0.25, -0.2) is 13.4 Å². The summed E-state index contributed by atoms with van der Waals surface area (Å²) in [4.78, 5) is 20.1. The first-order valence-corrected chi connectivity index (χ1v) is 13.1. The maximum absolute atomic E-state index is 13.3. The minimum atomic E-state index is -3.72. The van der Waals surface area contributed by atoms with Crippen molar-refractivity contribution in [3.05, 3.63) is 89.4 Å².